The number of hydrogen-bond acceptors (Lipinski definition) is 7. The van der Waals surface area contributed by atoms with Gasteiger partial charge in [0.05, 0.1) is 4.92 Å². The Labute approximate surface area is 139 Å². The van der Waals surface area contributed by atoms with E-state index in [0.29, 0.717) is 0 Å². The van der Waals surface area contributed by atoms with E-state index in [-0.39, 0.29) is 21.4 Å². The first-order chi connectivity index (χ1) is 10.5. The van der Waals surface area contributed by atoms with Gasteiger partial charge in [-0.05, 0) is 18.6 Å². The van der Waals surface area contributed by atoms with Crippen LogP contribution in [-0.4, -0.2) is 26.8 Å². The molecule has 2 aromatic rings. The number of nitro groups is 1. The van der Waals surface area contributed by atoms with E-state index in [0.717, 1.165) is 16.5 Å². The maximum atomic E-state index is 12.2. The molecule has 1 aromatic carbocycles. The lowest BCUT2D eigenvalue weighted by molar-refractivity contribution is -0.385. The van der Waals surface area contributed by atoms with Gasteiger partial charge in [-0.1, -0.05) is 41.6 Å². The van der Waals surface area contributed by atoms with Crippen molar-refractivity contribution in [2.75, 3.05) is 11.1 Å². The molecule has 22 heavy (non-hydrogen) atoms. The van der Waals surface area contributed by atoms with Gasteiger partial charge in [0.15, 0.2) is 4.34 Å². The lowest BCUT2D eigenvalue weighted by Gasteiger charge is -2.03. The molecule has 1 N–H and O–H groups in total. The molecular weight excluding hydrogens is 348 g/mol. The van der Waals surface area contributed by atoms with E-state index >= 15 is 0 Å². The Bertz CT molecular complexity index is 707. The summed E-state index contributed by atoms with van der Waals surface area (Å²) in [7, 11) is 0. The van der Waals surface area contributed by atoms with Gasteiger partial charge in [-0.2, -0.15) is 0 Å². The lowest BCUT2D eigenvalue weighted by Crippen LogP contribution is -2.13. The number of halogens is 1. The Morgan fingerprint density at radius 1 is 1.50 bits per heavy atom. The fourth-order valence-electron chi connectivity index (χ4n) is 1.52. The summed E-state index contributed by atoms with van der Waals surface area (Å²) in [6, 6.07) is 3.81. The number of nitrogens with one attached hydrogen (secondary N) is 1. The van der Waals surface area contributed by atoms with E-state index in [1.165, 1.54) is 41.3 Å². The molecule has 2 rings (SSSR count). The smallest absolute Gasteiger partial charge is 0.282 e. The number of anilines is 1. The van der Waals surface area contributed by atoms with Gasteiger partial charge in [-0.15, -0.1) is 10.2 Å². The topological polar surface area (TPSA) is 98.0 Å². The molecule has 0 unspecified atom stereocenters. The minimum atomic E-state index is -0.641. The predicted octanol–water partition coefficient (Wildman–Crippen LogP) is 3.85. The minimum absolute atomic E-state index is 0.115. The summed E-state index contributed by atoms with van der Waals surface area (Å²) in [5.41, 5.74) is -0.428. The van der Waals surface area contributed by atoms with Gasteiger partial charge in [0.1, 0.15) is 5.56 Å². The van der Waals surface area contributed by atoms with E-state index in [4.69, 9.17) is 11.6 Å². The fourth-order valence-corrected chi connectivity index (χ4v) is 3.37. The second-order valence-electron chi connectivity index (χ2n) is 4.09. The molecule has 0 aliphatic rings. The summed E-state index contributed by atoms with van der Waals surface area (Å²) >= 11 is 8.56. The maximum absolute atomic E-state index is 12.2. The molecule has 0 saturated heterocycles. The number of nitrogens with zero attached hydrogens (tertiary/aromatic N) is 3. The molecular formula is C12H11ClN4O3S2. The highest BCUT2D eigenvalue weighted by Gasteiger charge is 2.21. The maximum Gasteiger partial charge on any atom is 0.282 e. The summed E-state index contributed by atoms with van der Waals surface area (Å²) in [6.07, 6.45) is 1.00. The van der Waals surface area contributed by atoms with Crippen molar-refractivity contribution in [1.29, 1.82) is 0 Å². The molecule has 0 aliphatic carbocycles. The number of thioether (sulfide) groups is 1. The van der Waals surface area contributed by atoms with Crippen LogP contribution in [0.15, 0.2) is 22.5 Å². The van der Waals surface area contributed by atoms with Crippen LogP contribution in [0, 0.1) is 10.1 Å². The van der Waals surface area contributed by atoms with Crippen LogP contribution in [0.5, 0.6) is 0 Å². The Hall–Kier alpha value is -1.71. The summed E-state index contributed by atoms with van der Waals surface area (Å²) in [4.78, 5) is 22.5. The third kappa shape index (κ3) is 4.15. The Morgan fingerprint density at radius 2 is 2.27 bits per heavy atom. The third-order valence-corrected chi connectivity index (χ3v) is 4.87. The normalized spacial score (nSPS) is 10.5. The molecule has 0 spiro atoms. The molecule has 1 aromatic heterocycles. The molecule has 0 fully saturated rings. The van der Waals surface area contributed by atoms with E-state index < -0.39 is 10.8 Å². The average molecular weight is 359 g/mol. The highest BCUT2D eigenvalue weighted by molar-refractivity contribution is 8.01. The number of amides is 1. The first kappa shape index (κ1) is 16.7. The van der Waals surface area contributed by atoms with Crippen molar-refractivity contribution in [1.82, 2.24) is 10.2 Å². The second-order valence-corrected chi connectivity index (χ2v) is 6.85. The van der Waals surface area contributed by atoms with Crippen molar-refractivity contribution in [3.05, 3.63) is 38.9 Å². The standard InChI is InChI=1S/C12H11ClN4O3S2/c1-2-5-21-12-16-15-11(22-12)14-10(18)8-6-7(13)3-4-9(8)17(19)20/h3-4,6H,2,5H2,1H3,(H,14,15,18). The number of rotatable bonds is 6. The largest absolute Gasteiger partial charge is 0.296 e. The molecule has 1 heterocycles. The molecule has 0 atom stereocenters. The molecule has 1 amide bonds. The van der Waals surface area contributed by atoms with Crippen molar-refractivity contribution in [2.45, 2.75) is 17.7 Å². The zero-order valence-electron chi connectivity index (χ0n) is 11.4. The van der Waals surface area contributed by atoms with E-state index in [2.05, 4.69) is 22.4 Å². The number of nitro benzene ring substituents is 1. The van der Waals surface area contributed by atoms with Gasteiger partial charge in [-0.3, -0.25) is 20.2 Å². The minimum Gasteiger partial charge on any atom is -0.296 e. The molecule has 0 saturated carbocycles. The number of aromatic nitrogens is 2. The van der Waals surface area contributed by atoms with Crippen LogP contribution >= 0.6 is 34.7 Å². The first-order valence-electron chi connectivity index (χ1n) is 6.23. The predicted molar refractivity (Wildman–Crippen MR) is 87.0 cm³/mol. The zero-order chi connectivity index (χ0) is 16.1. The summed E-state index contributed by atoms with van der Waals surface area (Å²) < 4.78 is 0.734. The van der Waals surface area contributed by atoms with E-state index in [1.54, 1.807) is 0 Å². The molecule has 0 radical (unpaired) electrons. The quantitative estimate of drug-likeness (QED) is 0.364. The van der Waals surface area contributed by atoms with E-state index in [9.17, 15) is 14.9 Å². The number of carbonyl (C=O) groups excluding carboxylic acids is 1. The van der Waals surface area contributed by atoms with E-state index in [1.807, 2.05) is 0 Å². The van der Waals surface area contributed by atoms with Crippen LogP contribution in [0.1, 0.15) is 23.7 Å². The van der Waals surface area contributed by atoms with Gasteiger partial charge in [0, 0.05) is 16.8 Å². The zero-order valence-corrected chi connectivity index (χ0v) is 13.8. The average Bonchev–Trinajstić information content (AvgIpc) is 2.92. The van der Waals surface area contributed by atoms with Crippen molar-refractivity contribution in [3.63, 3.8) is 0 Å². The molecule has 7 nitrogen and oxygen atoms in total. The van der Waals surface area contributed by atoms with Crippen molar-refractivity contribution in [2.24, 2.45) is 0 Å². The second kappa shape index (κ2) is 7.52. The van der Waals surface area contributed by atoms with Crippen molar-refractivity contribution in [3.8, 4) is 0 Å². The molecule has 10 heteroatoms. The Morgan fingerprint density at radius 3 is 2.95 bits per heavy atom. The lowest BCUT2D eigenvalue weighted by atomic mass is 10.1. The molecule has 0 bridgehead atoms. The third-order valence-electron chi connectivity index (χ3n) is 2.46. The van der Waals surface area contributed by atoms with Gasteiger partial charge < -0.3 is 0 Å². The number of carbonyl (C=O) groups is 1. The van der Waals surface area contributed by atoms with Crippen LogP contribution in [0.2, 0.25) is 5.02 Å². The number of hydrogen-bond donors (Lipinski definition) is 1. The number of benzene rings is 1. The first-order valence-corrected chi connectivity index (χ1v) is 8.41. The Kier molecular flexibility index (Phi) is 5.69. The van der Waals surface area contributed by atoms with Gasteiger partial charge in [0.2, 0.25) is 5.13 Å². The van der Waals surface area contributed by atoms with Crippen LogP contribution in [-0.2, 0) is 0 Å². The summed E-state index contributed by atoms with van der Waals surface area (Å²) in [6.45, 7) is 2.05. The van der Waals surface area contributed by atoms with Gasteiger partial charge >= 0.3 is 0 Å². The van der Waals surface area contributed by atoms with Gasteiger partial charge in [0.25, 0.3) is 11.6 Å². The van der Waals surface area contributed by atoms with Crippen LogP contribution in [0.4, 0.5) is 10.8 Å². The summed E-state index contributed by atoms with van der Waals surface area (Å²) in [5.74, 6) is 0.264. The van der Waals surface area contributed by atoms with Crippen LogP contribution in [0.25, 0.3) is 0 Å². The van der Waals surface area contributed by atoms with Crippen LogP contribution < -0.4 is 5.32 Å². The monoisotopic (exact) mass is 358 g/mol. The summed E-state index contributed by atoms with van der Waals surface area (Å²) in [5, 5.41) is 21.8. The SMILES string of the molecule is CCCSc1nnc(NC(=O)c2cc(Cl)ccc2[N+](=O)[O-])s1. The molecule has 0 aliphatic heterocycles. The fraction of sp³-hybridized carbons (Fsp3) is 0.250. The highest BCUT2D eigenvalue weighted by Crippen LogP contribution is 2.28. The van der Waals surface area contributed by atoms with Crippen LogP contribution in [0.3, 0.4) is 0 Å². The van der Waals surface area contributed by atoms with Crippen molar-refractivity contribution >= 4 is 51.4 Å². The Balaban J connectivity index is 2.17. The van der Waals surface area contributed by atoms with Crippen molar-refractivity contribution < 1.29 is 9.72 Å². The molecule has 116 valence electrons. The highest BCUT2D eigenvalue weighted by atomic mass is 35.5. The van der Waals surface area contributed by atoms with Gasteiger partial charge in [-0.25, -0.2) is 0 Å².